The van der Waals surface area contributed by atoms with E-state index in [0.717, 1.165) is 10.4 Å². The van der Waals surface area contributed by atoms with Gasteiger partial charge in [0.15, 0.2) is 0 Å². The summed E-state index contributed by atoms with van der Waals surface area (Å²) < 4.78 is 36.4. The van der Waals surface area contributed by atoms with Crippen LogP contribution in [0.3, 0.4) is 0 Å². The van der Waals surface area contributed by atoms with Gasteiger partial charge in [0.2, 0.25) is 0 Å². The maximum atomic E-state index is 12.1. The maximum Gasteiger partial charge on any atom is 0.446 e. The summed E-state index contributed by atoms with van der Waals surface area (Å²) in [5.74, 6) is 0. The third kappa shape index (κ3) is 3.47. The van der Waals surface area contributed by atoms with Gasteiger partial charge in [0.05, 0.1) is 11.5 Å². The molecule has 1 aromatic heterocycles. The summed E-state index contributed by atoms with van der Waals surface area (Å²) in [6.45, 7) is -0.0837. The van der Waals surface area contributed by atoms with Crippen molar-refractivity contribution in [2.45, 2.75) is 17.0 Å². The highest BCUT2D eigenvalue weighted by Crippen LogP contribution is 2.37. The molecule has 0 radical (unpaired) electrons. The average molecular weight is 291 g/mol. The van der Waals surface area contributed by atoms with Crippen LogP contribution in [0.5, 0.6) is 0 Å². The van der Waals surface area contributed by atoms with E-state index in [1.54, 1.807) is 18.3 Å². The third-order valence-electron chi connectivity index (χ3n) is 2.04. The molecule has 0 bridgehead atoms. The van der Waals surface area contributed by atoms with E-state index < -0.39 is 5.51 Å². The minimum absolute atomic E-state index is 0.0837. The Morgan fingerprint density at radius 1 is 1.22 bits per heavy atom. The third-order valence-corrected chi connectivity index (χ3v) is 3.81. The van der Waals surface area contributed by atoms with Crippen molar-refractivity contribution in [2.75, 3.05) is 0 Å². The van der Waals surface area contributed by atoms with Crippen molar-refractivity contribution in [3.8, 4) is 10.6 Å². The van der Waals surface area contributed by atoms with Crippen LogP contribution in [0.25, 0.3) is 10.6 Å². The summed E-state index contributed by atoms with van der Waals surface area (Å²) in [7, 11) is 0. The summed E-state index contributed by atoms with van der Waals surface area (Å²) in [5.41, 5.74) is -3.53. The van der Waals surface area contributed by atoms with E-state index in [1.807, 2.05) is 0 Å². The molecule has 1 N–H and O–H groups in total. The molecule has 96 valence electrons. The zero-order valence-electron chi connectivity index (χ0n) is 8.94. The van der Waals surface area contributed by atoms with Crippen LogP contribution in [-0.4, -0.2) is 15.6 Å². The molecule has 2 aromatic rings. The van der Waals surface area contributed by atoms with Crippen molar-refractivity contribution >= 4 is 23.1 Å². The molecule has 1 aromatic carbocycles. The molecular formula is C11H8F3NOS2. The monoisotopic (exact) mass is 291 g/mol. The number of aromatic nitrogens is 1. The lowest BCUT2D eigenvalue weighted by Crippen LogP contribution is -1.98. The van der Waals surface area contributed by atoms with Crippen LogP contribution in [0.15, 0.2) is 35.4 Å². The second-order valence-electron chi connectivity index (χ2n) is 3.36. The number of thioether (sulfide) groups is 1. The van der Waals surface area contributed by atoms with Gasteiger partial charge in [0.25, 0.3) is 0 Å². The highest BCUT2D eigenvalue weighted by Gasteiger charge is 2.29. The first-order valence-electron chi connectivity index (χ1n) is 4.90. The van der Waals surface area contributed by atoms with Crippen molar-refractivity contribution in [3.05, 3.63) is 35.3 Å². The number of nitrogens with zero attached hydrogens (tertiary/aromatic N) is 1. The van der Waals surface area contributed by atoms with E-state index in [0.29, 0.717) is 5.01 Å². The average Bonchev–Trinajstić information content (AvgIpc) is 2.76. The van der Waals surface area contributed by atoms with Gasteiger partial charge in [0, 0.05) is 16.7 Å². The molecular weight excluding hydrogens is 283 g/mol. The molecule has 2 rings (SSSR count). The minimum Gasteiger partial charge on any atom is -0.391 e. The molecule has 0 aliphatic heterocycles. The summed E-state index contributed by atoms with van der Waals surface area (Å²) >= 11 is 1.17. The van der Waals surface area contributed by atoms with E-state index in [-0.39, 0.29) is 23.3 Å². The Balaban J connectivity index is 2.17. The molecule has 0 fully saturated rings. The van der Waals surface area contributed by atoms with Gasteiger partial charge in [-0.15, -0.1) is 11.3 Å². The molecule has 0 unspecified atom stereocenters. The number of hydrogen-bond acceptors (Lipinski definition) is 4. The van der Waals surface area contributed by atoms with Crippen LogP contribution in [0.2, 0.25) is 0 Å². The topological polar surface area (TPSA) is 33.1 Å². The molecule has 0 saturated carbocycles. The van der Waals surface area contributed by atoms with Crippen molar-refractivity contribution in [1.29, 1.82) is 0 Å². The van der Waals surface area contributed by atoms with Crippen LogP contribution < -0.4 is 0 Å². The van der Waals surface area contributed by atoms with Gasteiger partial charge in [-0.2, -0.15) is 13.2 Å². The predicted octanol–water partition coefficient (Wildman–Crippen LogP) is 3.91. The lowest BCUT2D eigenvalue weighted by atomic mass is 10.2. The van der Waals surface area contributed by atoms with E-state index in [9.17, 15) is 13.2 Å². The van der Waals surface area contributed by atoms with Gasteiger partial charge in [0.1, 0.15) is 5.01 Å². The van der Waals surface area contributed by atoms with Crippen molar-refractivity contribution in [1.82, 2.24) is 4.98 Å². The van der Waals surface area contributed by atoms with Gasteiger partial charge in [-0.3, -0.25) is 0 Å². The first-order chi connectivity index (χ1) is 8.48. The van der Waals surface area contributed by atoms with Gasteiger partial charge in [-0.25, -0.2) is 4.98 Å². The van der Waals surface area contributed by atoms with Crippen LogP contribution in [0, 0.1) is 0 Å². The Morgan fingerprint density at radius 3 is 2.39 bits per heavy atom. The fourth-order valence-electron chi connectivity index (χ4n) is 1.31. The SMILES string of the molecule is OCc1cnc(-c2ccc(SC(F)(F)F)cc2)s1. The molecule has 1 heterocycles. The number of alkyl halides is 3. The Labute approximate surface area is 109 Å². The number of halogens is 3. The van der Waals surface area contributed by atoms with Crippen molar-refractivity contribution < 1.29 is 18.3 Å². The molecule has 7 heteroatoms. The second kappa shape index (κ2) is 5.29. The van der Waals surface area contributed by atoms with Gasteiger partial charge < -0.3 is 5.11 Å². The highest BCUT2D eigenvalue weighted by atomic mass is 32.2. The van der Waals surface area contributed by atoms with E-state index in [2.05, 4.69) is 4.98 Å². The summed E-state index contributed by atoms with van der Waals surface area (Å²) in [6, 6.07) is 6.00. The molecule has 0 spiro atoms. The molecule has 0 amide bonds. The van der Waals surface area contributed by atoms with Gasteiger partial charge in [-0.05, 0) is 23.9 Å². The number of hydrogen-bond donors (Lipinski definition) is 1. The predicted molar refractivity (Wildman–Crippen MR) is 65.4 cm³/mol. The van der Waals surface area contributed by atoms with E-state index >= 15 is 0 Å². The Bertz CT molecular complexity index is 522. The van der Waals surface area contributed by atoms with E-state index in [4.69, 9.17) is 5.11 Å². The van der Waals surface area contributed by atoms with Crippen LogP contribution in [0.1, 0.15) is 4.88 Å². The zero-order chi connectivity index (χ0) is 13.2. The Hall–Kier alpha value is -1.05. The van der Waals surface area contributed by atoms with Crippen LogP contribution >= 0.6 is 23.1 Å². The number of rotatable bonds is 3. The number of aliphatic hydroxyl groups is 1. The fourth-order valence-corrected chi connectivity index (χ4v) is 2.63. The normalized spacial score (nSPS) is 11.8. The Kier molecular flexibility index (Phi) is 3.94. The lowest BCUT2D eigenvalue weighted by Gasteiger charge is -2.05. The Morgan fingerprint density at radius 2 is 1.89 bits per heavy atom. The first kappa shape index (κ1) is 13.4. The van der Waals surface area contributed by atoms with Gasteiger partial charge >= 0.3 is 5.51 Å². The van der Waals surface area contributed by atoms with Crippen LogP contribution in [-0.2, 0) is 6.61 Å². The summed E-state index contributed by atoms with van der Waals surface area (Å²) in [6.07, 6.45) is 1.55. The summed E-state index contributed by atoms with van der Waals surface area (Å²) in [4.78, 5) is 4.96. The quantitative estimate of drug-likeness (QED) is 0.870. The lowest BCUT2D eigenvalue weighted by molar-refractivity contribution is -0.0328. The van der Waals surface area contributed by atoms with Crippen LogP contribution in [0.4, 0.5) is 13.2 Å². The largest absolute Gasteiger partial charge is 0.446 e. The molecule has 0 atom stereocenters. The first-order valence-corrected chi connectivity index (χ1v) is 6.53. The van der Waals surface area contributed by atoms with Crippen molar-refractivity contribution in [2.24, 2.45) is 0 Å². The number of aliphatic hydroxyl groups excluding tert-OH is 1. The minimum atomic E-state index is -4.27. The maximum absolute atomic E-state index is 12.1. The fraction of sp³-hybridized carbons (Fsp3) is 0.182. The molecule has 0 aliphatic carbocycles. The van der Waals surface area contributed by atoms with Gasteiger partial charge in [-0.1, -0.05) is 12.1 Å². The summed E-state index contributed by atoms with van der Waals surface area (Å²) in [5, 5.41) is 9.59. The standard InChI is InChI=1S/C11H8F3NOS2/c12-11(13,14)18-8-3-1-7(2-4-8)10-15-5-9(6-16)17-10/h1-5,16H,6H2. The number of thiazole rings is 1. The zero-order valence-corrected chi connectivity index (χ0v) is 10.6. The second-order valence-corrected chi connectivity index (χ2v) is 5.62. The van der Waals surface area contributed by atoms with Crippen molar-refractivity contribution in [3.63, 3.8) is 0 Å². The molecule has 18 heavy (non-hydrogen) atoms. The number of benzene rings is 1. The molecule has 0 aliphatic rings. The molecule has 0 saturated heterocycles. The highest BCUT2D eigenvalue weighted by molar-refractivity contribution is 8.00. The molecule has 2 nitrogen and oxygen atoms in total. The smallest absolute Gasteiger partial charge is 0.391 e. The van der Waals surface area contributed by atoms with E-state index in [1.165, 1.54) is 23.5 Å².